The lowest BCUT2D eigenvalue weighted by Gasteiger charge is -2.40. The Kier molecular flexibility index (Phi) is 6.57. The van der Waals surface area contributed by atoms with Crippen molar-refractivity contribution in [2.45, 2.75) is 32.7 Å². The van der Waals surface area contributed by atoms with Crippen molar-refractivity contribution in [2.75, 3.05) is 50.2 Å². The van der Waals surface area contributed by atoms with E-state index in [9.17, 15) is 8.42 Å². The number of methoxy groups -OCH3 is 1. The van der Waals surface area contributed by atoms with Gasteiger partial charge in [-0.3, -0.25) is 4.90 Å². The van der Waals surface area contributed by atoms with E-state index in [4.69, 9.17) is 4.74 Å². The minimum absolute atomic E-state index is 0.0207. The number of halogens is 1. The number of aromatic amines is 1. The second-order valence-corrected chi connectivity index (χ2v) is 12.3. The highest BCUT2D eigenvalue weighted by Crippen LogP contribution is 2.40. The average Bonchev–Trinajstić information content (AvgIpc) is 3.47. The Balaban J connectivity index is 1.54. The van der Waals surface area contributed by atoms with Gasteiger partial charge in [-0.25, -0.2) is 27.3 Å². The third-order valence-corrected chi connectivity index (χ3v) is 7.91. The van der Waals surface area contributed by atoms with Gasteiger partial charge in [0, 0.05) is 55.6 Å². The predicted molar refractivity (Wildman–Crippen MR) is 142 cm³/mol. The molecule has 0 spiro atoms. The Morgan fingerprint density at radius 3 is 2.73 bits per heavy atom. The molecule has 5 heterocycles. The molecule has 10 nitrogen and oxygen atoms in total. The fourth-order valence-corrected chi connectivity index (χ4v) is 5.79. The van der Waals surface area contributed by atoms with Gasteiger partial charge < -0.3 is 14.6 Å². The smallest absolute Gasteiger partial charge is 0.197 e. The summed E-state index contributed by atoms with van der Waals surface area (Å²) in [5.74, 6) is 0.683. The van der Waals surface area contributed by atoms with Gasteiger partial charge in [0.2, 0.25) is 0 Å². The Morgan fingerprint density at radius 1 is 1.27 bits per heavy atom. The molecule has 1 aliphatic rings. The molecule has 0 amide bonds. The number of sulfone groups is 1. The van der Waals surface area contributed by atoms with Gasteiger partial charge in [-0.15, -0.1) is 0 Å². The molecule has 5 rings (SSSR count). The van der Waals surface area contributed by atoms with Crippen LogP contribution in [-0.2, 0) is 9.84 Å². The van der Waals surface area contributed by atoms with E-state index in [1.54, 1.807) is 17.8 Å². The number of fused-ring (bicyclic) bond motifs is 2. The summed E-state index contributed by atoms with van der Waals surface area (Å²) >= 11 is 0. The first-order valence-electron chi connectivity index (χ1n) is 12.3. The third kappa shape index (κ3) is 4.75. The van der Waals surface area contributed by atoms with Crippen LogP contribution in [-0.4, -0.2) is 89.2 Å². The summed E-state index contributed by atoms with van der Waals surface area (Å²) in [6.07, 6.45) is 6.26. The van der Waals surface area contributed by atoms with Crippen LogP contribution < -0.4 is 9.64 Å². The lowest BCUT2D eigenvalue weighted by atomic mass is 9.96. The predicted octanol–water partition coefficient (Wildman–Crippen LogP) is 3.10. The lowest BCUT2D eigenvalue weighted by Crippen LogP contribution is -2.53. The minimum Gasteiger partial charge on any atom is -0.493 e. The Hall–Kier alpha value is -3.25. The van der Waals surface area contributed by atoms with Crippen LogP contribution in [0, 0.1) is 5.82 Å². The Labute approximate surface area is 215 Å². The highest BCUT2D eigenvalue weighted by Gasteiger charge is 2.30. The zero-order valence-electron chi connectivity index (χ0n) is 21.7. The largest absolute Gasteiger partial charge is 0.493 e. The molecule has 1 fully saturated rings. The van der Waals surface area contributed by atoms with E-state index >= 15 is 4.39 Å². The van der Waals surface area contributed by atoms with Crippen LogP contribution in [0.2, 0.25) is 0 Å². The van der Waals surface area contributed by atoms with Crippen LogP contribution in [0.25, 0.3) is 27.8 Å². The molecular weight excluding hydrogens is 497 g/mol. The van der Waals surface area contributed by atoms with Gasteiger partial charge in [0.25, 0.3) is 0 Å². The highest BCUT2D eigenvalue weighted by atomic mass is 32.2. The van der Waals surface area contributed by atoms with Crippen molar-refractivity contribution in [1.29, 1.82) is 0 Å². The van der Waals surface area contributed by atoms with Gasteiger partial charge in [-0.05, 0) is 24.5 Å². The first kappa shape index (κ1) is 25.4. The maximum atomic E-state index is 16.3. The quantitative estimate of drug-likeness (QED) is 0.389. The maximum absolute atomic E-state index is 16.3. The van der Waals surface area contributed by atoms with Gasteiger partial charge in [0.15, 0.2) is 23.0 Å². The molecule has 0 aromatic carbocycles. The van der Waals surface area contributed by atoms with Gasteiger partial charge in [0.1, 0.15) is 16.2 Å². The van der Waals surface area contributed by atoms with Crippen LogP contribution in [0.5, 0.6) is 5.75 Å². The van der Waals surface area contributed by atoms with Crippen molar-refractivity contribution in [1.82, 2.24) is 29.5 Å². The number of H-pyrrole nitrogens is 1. The van der Waals surface area contributed by atoms with Crippen LogP contribution in [0.4, 0.5) is 10.2 Å². The number of ether oxygens (including phenoxy) is 1. The number of nitrogens with zero attached hydrogens (tertiary/aromatic N) is 6. The molecule has 0 bridgehead atoms. The van der Waals surface area contributed by atoms with E-state index in [0.717, 1.165) is 16.8 Å². The number of aromatic nitrogens is 5. The molecule has 0 unspecified atom stereocenters. The van der Waals surface area contributed by atoms with Crippen LogP contribution in [0.3, 0.4) is 0 Å². The summed E-state index contributed by atoms with van der Waals surface area (Å²) in [7, 11) is -1.45. The summed E-state index contributed by atoms with van der Waals surface area (Å²) in [6.45, 7) is 8.43. The van der Waals surface area contributed by atoms with Crippen molar-refractivity contribution in [3.63, 3.8) is 0 Å². The van der Waals surface area contributed by atoms with Gasteiger partial charge in [-0.2, -0.15) is 5.10 Å². The molecule has 1 aliphatic heterocycles. The van der Waals surface area contributed by atoms with E-state index in [2.05, 4.69) is 25.0 Å². The molecule has 4 aromatic heterocycles. The summed E-state index contributed by atoms with van der Waals surface area (Å²) in [5, 5.41) is 4.78. The molecular formula is C25H32FN7O3S. The standard InChI is InChI=1S/C25H32FN7O3S/c1-15(2)20-21-18(30-23(20)17-10-19(36-4)24-28-14-29-33(24)13-17)11-27-25(22(21)26)32-7-6-31(12-16(32)3)8-9-37(5,34)35/h10-11,13-16,30H,6-9,12H2,1-5H3/t16-/m1/s1. The number of rotatable bonds is 7. The van der Waals surface area contributed by atoms with Gasteiger partial charge in [0.05, 0.1) is 30.3 Å². The zero-order chi connectivity index (χ0) is 26.5. The normalized spacial score (nSPS) is 17.4. The number of nitrogens with one attached hydrogen (secondary N) is 1. The van der Waals surface area contributed by atoms with E-state index in [1.807, 2.05) is 37.9 Å². The molecule has 0 radical (unpaired) electrons. The monoisotopic (exact) mass is 529 g/mol. The molecule has 1 atom stereocenters. The van der Waals surface area contributed by atoms with Crippen molar-refractivity contribution in [2.24, 2.45) is 0 Å². The first-order valence-corrected chi connectivity index (χ1v) is 14.4. The molecule has 4 aromatic rings. The lowest BCUT2D eigenvalue weighted by molar-refractivity contribution is 0.239. The third-order valence-electron chi connectivity index (χ3n) is 6.99. The van der Waals surface area contributed by atoms with Crippen molar-refractivity contribution >= 4 is 32.2 Å². The first-order chi connectivity index (χ1) is 17.6. The van der Waals surface area contributed by atoms with Gasteiger partial charge in [-0.1, -0.05) is 13.8 Å². The van der Waals surface area contributed by atoms with E-state index in [1.165, 1.54) is 12.6 Å². The number of pyridine rings is 2. The zero-order valence-corrected chi connectivity index (χ0v) is 22.5. The number of hydrogen-bond acceptors (Lipinski definition) is 8. The highest BCUT2D eigenvalue weighted by molar-refractivity contribution is 7.90. The summed E-state index contributed by atoms with van der Waals surface area (Å²) < 4.78 is 46.6. The van der Waals surface area contributed by atoms with Crippen LogP contribution in [0.15, 0.2) is 24.8 Å². The summed E-state index contributed by atoms with van der Waals surface area (Å²) in [4.78, 5) is 16.2. The van der Waals surface area contributed by atoms with E-state index in [0.29, 0.717) is 54.3 Å². The number of piperazine rings is 1. The van der Waals surface area contributed by atoms with E-state index < -0.39 is 9.84 Å². The Morgan fingerprint density at radius 2 is 2.05 bits per heavy atom. The molecule has 1 N–H and O–H groups in total. The van der Waals surface area contributed by atoms with Crippen molar-refractivity contribution in [3.05, 3.63) is 36.2 Å². The number of anilines is 1. The van der Waals surface area contributed by atoms with E-state index in [-0.39, 0.29) is 23.5 Å². The average molecular weight is 530 g/mol. The molecule has 37 heavy (non-hydrogen) atoms. The number of hydrogen-bond donors (Lipinski definition) is 1. The molecule has 0 aliphatic carbocycles. The topological polar surface area (TPSA) is 109 Å². The van der Waals surface area contributed by atoms with Crippen LogP contribution >= 0.6 is 0 Å². The fraction of sp³-hybridized carbons (Fsp3) is 0.480. The van der Waals surface area contributed by atoms with Gasteiger partial charge >= 0.3 is 0 Å². The molecule has 1 saturated heterocycles. The fourth-order valence-electron chi connectivity index (χ4n) is 5.20. The Bertz CT molecular complexity index is 1560. The minimum atomic E-state index is -3.03. The second kappa shape index (κ2) is 9.56. The summed E-state index contributed by atoms with van der Waals surface area (Å²) in [5.41, 5.74) is 3.68. The van der Waals surface area contributed by atoms with Crippen molar-refractivity contribution < 1.29 is 17.5 Å². The second-order valence-electron chi connectivity index (χ2n) is 10.1. The maximum Gasteiger partial charge on any atom is 0.197 e. The molecule has 12 heteroatoms. The van der Waals surface area contributed by atoms with Crippen LogP contribution in [0.1, 0.15) is 32.3 Å². The summed E-state index contributed by atoms with van der Waals surface area (Å²) in [6, 6.07) is 1.86. The van der Waals surface area contributed by atoms with Crippen molar-refractivity contribution in [3.8, 4) is 17.0 Å². The SMILES string of the molecule is COc1cc(-c2[nH]c3cnc(N4CCN(CCS(C)(=O)=O)C[C@H]4C)c(F)c3c2C(C)C)cn2ncnc12. The molecule has 198 valence electrons. The molecule has 0 saturated carbocycles.